The van der Waals surface area contributed by atoms with Gasteiger partial charge in [0.25, 0.3) is 5.56 Å². The summed E-state index contributed by atoms with van der Waals surface area (Å²) in [5, 5.41) is 4.72. The first-order chi connectivity index (χ1) is 14.0. The Hall–Kier alpha value is -2.74. The molecule has 152 valence electrons. The van der Waals surface area contributed by atoms with E-state index in [4.69, 9.17) is 0 Å². The molecule has 0 saturated heterocycles. The Kier molecular flexibility index (Phi) is 5.62. The van der Waals surface area contributed by atoms with E-state index in [-0.39, 0.29) is 30.6 Å². The molecule has 3 aromatic rings. The Labute approximate surface area is 170 Å². The Bertz CT molecular complexity index is 1160. The number of aromatic nitrogens is 2. The summed E-state index contributed by atoms with van der Waals surface area (Å²) in [4.78, 5) is 38.5. The van der Waals surface area contributed by atoms with Crippen molar-refractivity contribution >= 4 is 27.5 Å². The molecule has 0 aliphatic heterocycles. The lowest BCUT2D eigenvalue weighted by molar-refractivity contribution is -0.122. The number of fused-ring (bicyclic) bond motifs is 1. The van der Waals surface area contributed by atoms with Crippen LogP contribution in [0.2, 0.25) is 0 Å². The molecule has 1 aromatic carbocycles. The molecule has 1 aliphatic carbocycles. The molecule has 1 fully saturated rings. The van der Waals surface area contributed by atoms with Gasteiger partial charge in [-0.25, -0.2) is 9.18 Å². The van der Waals surface area contributed by atoms with Gasteiger partial charge in [0.1, 0.15) is 17.1 Å². The van der Waals surface area contributed by atoms with E-state index in [0.29, 0.717) is 10.2 Å². The summed E-state index contributed by atoms with van der Waals surface area (Å²) in [5.41, 5.74) is -0.385. The third-order valence-electron chi connectivity index (χ3n) is 5.39. The first-order valence-electron chi connectivity index (χ1n) is 9.78. The maximum absolute atomic E-state index is 14.1. The van der Waals surface area contributed by atoms with E-state index in [1.807, 2.05) is 0 Å². The van der Waals surface area contributed by atoms with E-state index in [1.165, 1.54) is 28.4 Å². The van der Waals surface area contributed by atoms with Crippen LogP contribution < -0.4 is 16.6 Å². The first-order valence-corrected chi connectivity index (χ1v) is 10.7. The van der Waals surface area contributed by atoms with E-state index >= 15 is 0 Å². The summed E-state index contributed by atoms with van der Waals surface area (Å²) < 4.78 is 16.8. The van der Waals surface area contributed by atoms with Crippen LogP contribution >= 0.6 is 11.3 Å². The topological polar surface area (TPSA) is 73.1 Å². The summed E-state index contributed by atoms with van der Waals surface area (Å²) in [7, 11) is 0. The number of thiophene rings is 1. The molecule has 8 heteroatoms. The second-order valence-corrected chi connectivity index (χ2v) is 8.30. The number of nitrogens with zero attached hydrogens (tertiary/aromatic N) is 2. The summed E-state index contributed by atoms with van der Waals surface area (Å²) in [6.07, 6.45) is 5.26. The fourth-order valence-corrected chi connectivity index (χ4v) is 4.73. The Morgan fingerprint density at radius 1 is 1.10 bits per heavy atom. The highest BCUT2D eigenvalue weighted by Crippen LogP contribution is 2.18. The molecule has 0 bridgehead atoms. The van der Waals surface area contributed by atoms with E-state index in [9.17, 15) is 18.8 Å². The number of nitrogens with one attached hydrogen (secondary N) is 1. The minimum absolute atomic E-state index is 0.134. The first kappa shape index (κ1) is 19.6. The maximum atomic E-state index is 14.1. The highest BCUT2D eigenvalue weighted by atomic mass is 32.1. The molecular formula is C21H22FN3O3S. The van der Waals surface area contributed by atoms with Gasteiger partial charge >= 0.3 is 5.69 Å². The summed E-state index contributed by atoms with van der Waals surface area (Å²) in [5.74, 6) is -0.728. The Balaban J connectivity index is 1.69. The smallest absolute Gasteiger partial charge is 0.332 e. The van der Waals surface area contributed by atoms with Gasteiger partial charge in [-0.1, -0.05) is 37.5 Å². The second kappa shape index (κ2) is 8.32. The van der Waals surface area contributed by atoms with E-state index in [2.05, 4.69) is 5.32 Å². The number of benzene rings is 1. The van der Waals surface area contributed by atoms with Crippen LogP contribution in [0.4, 0.5) is 4.39 Å². The Morgan fingerprint density at radius 2 is 1.86 bits per heavy atom. The molecule has 2 aromatic heterocycles. The lowest BCUT2D eigenvalue weighted by Gasteiger charge is -2.23. The molecule has 6 nitrogen and oxygen atoms in total. The maximum Gasteiger partial charge on any atom is 0.332 e. The molecule has 0 radical (unpaired) electrons. The number of carbonyl (C=O) groups excluding carboxylic acids is 1. The van der Waals surface area contributed by atoms with Gasteiger partial charge in [0, 0.05) is 11.6 Å². The third kappa shape index (κ3) is 4.03. The zero-order valence-electron chi connectivity index (χ0n) is 15.9. The highest BCUT2D eigenvalue weighted by Gasteiger charge is 2.20. The van der Waals surface area contributed by atoms with Gasteiger partial charge in [0.2, 0.25) is 5.91 Å². The van der Waals surface area contributed by atoms with Crippen LogP contribution in [0, 0.1) is 5.82 Å². The molecule has 29 heavy (non-hydrogen) atoms. The van der Waals surface area contributed by atoms with Gasteiger partial charge in [0.05, 0.1) is 12.1 Å². The lowest BCUT2D eigenvalue weighted by Crippen LogP contribution is -2.44. The minimum atomic E-state index is -0.608. The molecule has 0 unspecified atom stereocenters. The summed E-state index contributed by atoms with van der Waals surface area (Å²) in [6, 6.07) is 7.85. The van der Waals surface area contributed by atoms with E-state index < -0.39 is 17.1 Å². The zero-order valence-corrected chi connectivity index (χ0v) is 16.7. The molecular weight excluding hydrogens is 393 g/mol. The van der Waals surface area contributed by atoms with Crippen molar-refractivity contribution < 1.29 is 9.18 Å². The van der Waals surface area contributed by atoms with Crippen molar-refractivity contribution in [3.05, 3.63) is 67.9 Å². The van der Waals surface area contributed by atoms with Gasteiger partial charge in [-0.2, -0.15) is 0 Å². The van der Waals surface area contributed by atoms with E-state index in [0.717, 1.165) is 30.3 Å². The Morgan fingerprint density at radius 3 is 2.62 bits per heavy atom. The number of amides is 1. The van der Waals surface area contributed by atoms with Crippen LogP contribution in [0.1, 0.15) is 37.7 Å². The minimum Gasteiger partial charge on any atom is -0.352 e. The van der Waals surface area contributed by atoms with Crippen molar-refractivity contribution in [2.75, 3.05) is 0 Å². The van der Waals surface area contributed by atoms with Gasteiger partial charge in [-0.05, 0) is 30.4 Å². The molecule has 2 heterocycles. The third-order valence-corrected chi connectivity index (χ3v) is 6.29. The molecule has 1 aliphatic rings. The molecule has 0 spiro atoms. The molecule has 1 amide bonds. The van der Waals surface area contributed by atoms with Crippen molar-refractivity contribution in [3.8, 4) is 0 Å². The summed E-state index contributed by atoms with van der Waals surface area (Å²) >= 11 is 1.21. The monoisotopic (exact) mass is 415 g/mol. The number of halogens is 1. The van der Waals surface area contributed by atoms with Gasteiger partial charge in [-0.15, -0.1) is 11.3 Å². The number of carbonyl (C=O) groups is 1. The van der Waals surface area contributed by atoms with Crippen LogP contribution in [-0.2, 0) is 17.9 Å². The van der Waals surface area contributed by atoms with Gasteiger partial charge in [0.15, 0.2) is 0 Å². The average Bonchev–Trinajstić information content (AvgIpc) is 3.20. The fourth-order valence-electron chi connectivity index (χ4n) is 3.89. The van der Waals surface area contributed by atoms with Crippen LogP contribution in [-0.4, -0.2) is 21.1 Å². The zero-order chi connectivity index (χ0) is 20.4. The summed E-state index contributed by atoms with van der Waals surface area (Å²) in [6.45, 7) is -0.345. The molecule has 4 rings (SSSR count). The average molecular weight is 415 g/mol. The van der Waals surface area contributed by atoms with Crippen LogP contribution in [0.3, 0.4) is 0 Å². The second-order valence-electron chi connectivity index (χ2n) is 7.39. The normalized spacial score (nSPS) is 14.9. The van der Waals surface area contributed by atoms with Gasteiger partial charge < -0.3 is 5.32 Å². The molecule has 0 atom stereocenters. The van der Waals surface area contributed by atoms with Gasteiger partial charge in [-0.3, -0.25) is 18.7 Å². The van der Waals surface area contributed by atoms with Crippen molar-refractivity contribution in [3.63, 3.8) is 0 Å². The quantitative estimate of drug-likeness (QED) is 0.696. The van der Waals surface area contributed by atoms with Crippen LogP contribution in [0.5, 0.6) is 0 Å². The van der Waals surface area contributed by atoms with Crippen LogP contribution in [0.15, 0.2) is 45.3 Å². The SMILES string of the molecule is O=C(Cn1c(=O)n(Cc2ccccc2F)c(=O)c2sccc21)NC1CCCCC1. The van der Waals surface area contributed by atoms with Crippen molar-refractivity contribution in [2.24, 2.45) is 0 Å². The standard InChI is InChI=1S/C21H22FN3O3S/c22-16-9-5-4-6-14(16)12-25-20(27)19-17(10-11-29-19)24(21(25)28)13-18(26)23-15-7-2-1-3-8-15/h4-6,9-11,15H,1-3,7-8,12-13H2,(H,23,26). The molecule has 1 N–H and O–H groups in total. The van der Waals surface area contributed by atoms with Crippen molar-refractivity contribution in [1.82, 2.24) is 14.5 Å². The predicted octanol–water partition coefficient (Wildman–Crippen LogP) is 2.86. The van der Waals surface area contributed by atoms with E-state index in [1.54, 1.807) is 29.6 Å². The van der Waals surface area contributed by atoms with Crippen molar-refractivity contribution in [1.29, 1.82) is 0 Å². The van der Waals surface area contributed by atoms with Crippen LogP contribution in [0.25, 0.3) is 10.2 Å². The van der Waals surface area contributed by atoms with Crippen molar-refractivity contribution in [2.45, 2.75) is 51.2 Å². The fraction of sp³-hybridized carbons (Fsp3) is 0.381. The lowest BCUT2D eigenvalue weighted by atomic mass is 9.95. The number of hydrogen-bond donors (Lipinski definition) is 1. The predicted molar refractivity (Wildman–Crippen MR) is 111 cm³/mol. The highest BCUT2D eigenvalue weighted by molar-refractivity contribution is 7.17. The molecule has 1 saturated carbocycles. The number of hydrogen-bond acceptors (Lipinski definition) is 4. The number of rotatable bonds is 5. The largest absolute Gasteiger partial charge is 0.352 e.